The van der Waals surface area contributed by atoms with Crippen molar-refractivity contribution in [3.8, 4) is 11.3 Å². The average molecular weight is 357 g/mol. The molecule has 0 aliphatic carbocycles. The van der Waals surface area contributed by atoms with E-state index in [9.17, 15) is 0 Å². The fourth-order valence-corrected chi connectivity index (χ4v) is 3.49. The van der Waals surface area contributed by atoms with Gasteiger partial charge in [-0.2, -0.15) is 9.61 Å². The van der Waals surface area contributed by atoms with Crippen molar-refractivity contribution in [2.24, 2.45) is 0 Å². The largest absolute Gasteiger partial charge is 0.376 e. The van der Waals surface area contributed by atoms with Crippen molar-refractivity contribution in [2.45, 2.75) is 32.8 Å². The molecule has 0 bridgehead atoms. The van der Waals surface area contributed by atoms with E-state index in [4.69, 9.17) is 21.4 Å². The van der Waals surface area contributed by atoms with Crippen LogP contribution in [0.2, 0.25) is 5.02 Å². The summed E-state index contributed by atoms with van der Waals surface area (Å²) in [6.07, 6.45) is 2.51. The van der Waals surface area contributed by atoms with Gasteiger partial charge in [0.15, 0.2) is 5.65 Å². The van der Waals surface area contributed by atoms with Crippen molar-refractivity contribution in [3.63, 3.8) is 0 Å². The number of anilines is 1. The fourth-order valence-electron chi connectivity index (χ4n) is 3.30. The van der Waals surface area contributed by atoms with Crippen molar-refractivity contribution in [1.82, 2.24) is 14.6 Å². The Bertz CT molecular complexity index is 915. The second kappa shape index (κ2) is 6.65. The molecular weight excluding hydrogens is 336 g/mol. The molecule has 2 aromatic heterocycles. The maximum atomic E-state index is 6.15. The van der Waals surface area contributed by atoms with Gasteiger partial charge in [0.1, 0.15) is 5.82 Å². The Hall–Kier alpha value is -2.11. The molecule has 1 aliphatic rings. The molecule has 4 rings (SSSR count). The molecule has 0 amide bonds. The normalized spacial score (nSPS) is 17.3. The minimum Gasteiger partial charge on any atom is -0.376 e. The number of ether oxygens (including phenoxy) is 1. The molecule has 0 unspecified atom stereocenters. The molecule has 3 heterocycles. The highest BCUT2D eigenvalue weighted by Gasteiger charge is 2.18. The van der Waals surface area contributed by atoms with E-state index in [1.807, 2.05) is 41.8 Å². The monoisotopic (exact) mass is 356 g/mol. The summed E-state index contributed by atoms with van der Waals surface area (Å²) in [7, 11) is 0. The fraction of sp³-hybridized carbons (Fsp3) is 0.368. The van der Waals surface area contributed by atoms with Crippen molar-refractivity contribution in [1.29, 1.82) is 0 Å². The first-order valence-corrected chi connectivity index (χ1v) is 8.98. The summed E-state index contributed by atoms with van der Waals surface area (Å²) >= 11 is 6.15. The van der Waals surface area contributed by atoms with Crippen LogP contribution in [0.5, 0.6) is 0 Å². The molecule has 1 saturated heterocycles. The number of halogens is 1. The summed E-state index contributed by atoms with van der Waals surface area (Å²) in [5.41, 5.74) is 4.78. The standard InChI is InChI=1S/C19H21ClN4O/c1-12-9-17(21-11-16-7-4-8-25-16)24-19(22-12)13(2)18(23-24)14-5-3-6-15(20)10-14/h3,5-6,9-10,16,21H,4,7-8,11H2,1-2H3/t16-/m1/s1. The number of hydrogen-bond donors (Lipinski definition) is 1. The van der Waals surface area contributed by atoms with E-state index < -0.39 is 0 Å². The molecule has 1 N–H and O–H groups in total. The second-order valence-corrected chi connectivity index (χ2v) is 6.95. The van der Waals surface area contributed by atoms with Crippen molar-refractivity contribution in [3.05, 3.63) is 46.6 Å². The van der Waals surface area contributed by atoms with Gasteiger partial charge in [0.25, 0.3) is 0 Å². The van der Waals surface area contributed by atoms with E-state index in [1.165, 1.54) is 0 Å². The van der Waals surface area contributed by atoms with Gasteiger partial charge in [0, 0.05) is 41.1 Å². The Morgan fingerprint density at radius 2 is 2.20 bits per heavy atom. The van der Waals surface area contributed by atoms with Crippen LogP contribution >= 0.6 is 11.6 Å². The molecule has 1 atom stereocenters. The second-order valence-electron chi connectivity index (χ2n) is 6.52. The van der Waals surface area contributed by atoms with Crippen molar-refractivity contribution in [2.75, 3.05) is 18.5 Å². The van der Waals surface area contributed by atoms with E-state index >= 15 is 0 Å². The number of nitrogens with one attached hydrogen (secondary N) is 1. The minimum atomic E-state index is 0.271. The van der Waals surface area contributed by atoms with Gasteiger partial charge in [0.2, 0.25) is 0 Å². The Kier molecular flexibility index (Phi) is 4.36. The highest BCUT2D eigenvalue weighted by Crippen LogP contribution is 2.28. The zero-order valence-electron chi connectivity index (χ0n) is 14.4. The number of fused-ring (bicyclic) bond motifs is 1. The molecule has 5 nitrogen and oxygen atoms in total. The third kappa shape index (κ3) is 3.22. The zero-order chi connectivity index (χ0) is 17.4. The zero-order valence-corrected chi connectivity index (χ0v) is 15.2. The molecule has 6 heteroatoms. The van der Waals surface area contributed by atoms with Crippen LogP contribution in [0.3, 0.4) is 0 Å². The van der Waals surface area contributed by atoms with Crippen molar-refractivity contribution < 1.29 is 4.74 Å². The van der Waals surface area contributed by atoms with Crippen LogP contribution in [0.25, 0.3) is 16.9 Å². The maximum absolute atomic E-state index is 6.15. The summed E-state index contributed by atoms with van der Waals surface area (Å²) in [6, 6.07) is 9.79. The number of hydrogen-bond acceptors (Lipinski definition) is 4. The first-order chi connectivity index (χ1) is 12.1. The van der Waals surface area contributed by atoms with Gasteiger partial charge in [-0.3, -0.25) is 0 Å². The summed E-state index contributed by atoms with van der Waals surface area (Å²) in [6.45, 7) is 5.69. The maximum Gasteiger partial charge on any atom is 0.161 e. The molecule has 0 spiro atoms. The first-order valence-electron chi connectivity index (χ1n) is 8.60. The lowest BCUT2D eigenvalue weighted by Crippen LogP contribution is -2.20. The lowest BCUT2D eigenvalue weighted by molar-refractivity contribution is 0.120. The third-order valence-corrected chi connectivity index (χ3v) is 4.82. The lowest BCUT2D eigenvalue weighted by atomic mass is 10.1. The quantitative estimate of drug-likeness (QED) is 0.759. The summed E-state index contributed by atoms with van der Waals surface area (Å²) in [4.78, 5) is 4.68. The van der Waals surface area contributed by atoms with E-state index in [0.29, 0.717) is 5.02 Å². The highest BCUT2D eigenvalue weighted by atomic mass is 35.5. The van der Waals surface area contributed by atoms with Gasteiger partial charge in [-0.05, 0) is 38.8 Å². The minimum absolute atomic E-state index is 0.271. The molecular formula is C19H21ClN4O. The van der Waals surface area contributed by atoms with E-state index in [-0.39, 0.29) is 6.10 Å². The Labute approximate surface area is 152 Å². The van der Waals surface area contributed by atoms with Crippen LogP contribution in [0, 0.1) is 13.8 Å². The number of nitrogens with zero attached hydrogens (tertiary/aromatic N) is 3. The van der Waals surface area contributed by atoms with E-state index in [1.54, 1.807) is 0 Å². The summed E-state index contributed by atoms with van der Waals surface area (Å²) in [5.74, 6) is 0.939. The Morgan fingerprint density at radius 3 is 2.96 bits per heavy atom. The average Bonchev–Trinajstić information content (AvgIpc) is 3.21. The van der Waals surface area contributed by atoms with E-state index in [0.717, 1.165) is 60.0 Å². The molecule has 0 saturated carbocycles. The smallest absolute Gasteiger partial charge is 0.161 e. The third-order valence-electron chi connectivity index (χ3n) is 4.58. The number of rotatable bonds is 4. The molecule has 0 radical (unpaired) electrons. The number of benzene rings is 1. The number of aryl methyl sites for hydroxylation is 2. The lowest BCUT2D eigenvalue weighted by Gasteiger charge is -2.13. The molecule has 3 aromatic rings. The topological polar surface area (TPSA) is 51.5 Å². The van der Waals surface area contributed by atoms with Crippen LogP contribution in [0.1, 0.15) is 24.1 Å². The van der Waals surface area contributed by atoms with Gasteiger partial charge in [-0.25, -0.2) is 4.98 Å². The summed E-state index contributed by atoms with van der Waals surface area (Å²) in [5, 5.41) is 8.99. The van der Waals surface area contributed by atoms with Crippen molar-refractivity contribution >= 4 is 23.1 Å². The molecule has 130 valence electrons. The molecule has 25 heavy (non-hydrogen) atoms. The predicted molar refractivity (Wildman–Crippen MR) is 100 cm³/mol. The van der Waals surface area contributed by atoms with Gasteiger partial charge in [-0.1, -0.05) is 23.7 Å². The van der Waals surface area contributed by atoms with Crippen LogP contribution < -0.4 is 5.32 Å². The molecule has 1 aliphatic heterocycles. The van der Waals surface area contributed by atoms with Crippen LogP contribution in [0.4, 0.5) is 5.82 Å². The van der Waals surface area contributed by atoms with Gasteiger partial charge in [-0.15, -0.1) is 0 Å². The summed E-state index contributed by atoms with van der Waals surface area (Å²) < 4.78 is 7.59. The first kappa shape index (κ1) is 16.4. The number of aromatic nitrogens is 3. The Morgan fingerprint density at radius 1 is 1.32 bits per heavy atom. The van der Waals surface area contributed by atoms with Gasteiger partial charge < -0.3 is 10.1 Å². The van der Waals surface area contributed by atoms with Gasteiger partial charge >= 0.3 is 0 Å². The SMILES string of the molecule is Cc1cc(NC[C@H]2CCCO2)n2nc(-c3cccc(Cl)c3)c(C)c2n1. The molecule has 1 fully saturated rings. The predicted octanol–water partition coefficient (Wildman–Crippen LogP) is 4.26. The van der Waals surface area contributed by atoms with Crippen LogP contribution in [-0.4, -0.2) is 33.9 Å². The Balaban J connectivity index is 1.74. The van der Waals surface area contributed by atoms with Crippen LogP contribution in [0.15, 0.2) is 30.3 Å². The molecule has 1 aromatic carbocycles. The van der Waals surface area contributed by atoms with E-state index in [2.05, 4.69) is 17.2 Å². The van der Waals surface area contributed by atoms with Gasteiger partial charge in [0.05, 0.1) is 11.8 Å². The highest BCUT2D eigenvalue weighted by molar-refractivity contribution is 6.30. The van der Waals surface area contributed by atoms with Crippen LogP contribution in [-0.2, 0) is 4.74 Å².